The van der Waals surface area contributed by atoms with E-state index < -0.39 is 0 Å². The van der Waals surface area contributed by atoms with Crippen molar-refractivity contribution >= 4 is 22.3 Å². The molecule has 2 aromatic heterocycles. The molecule has 106 valence electrons. The van der Waals surface area contributed by atoms with Crippen molar-refractivity contribution in [3.8, 4) is 11.3 Å². The van der Waals surface area contributed by atoms with Crippen molar-refractivity contribution in [3.63, 3.8) is 0 Å². The highest BCUT2D eigenvalue weighted by atomic mass is 32.1. The Labute approximate surface area is 122 Å². The fourth-order valence-electron chi connectivity index (χ4n) is 2.17. The molecule has 0 bridgehead atoms. The van der Waals surface area contributed by atoms with Gasteiger partial charge in [-0.3, -0.25) is 4.98 Å². The number of methoxy groups -OCH3 is 1. The lowest BCUT2D eigenvalue weighted by atomic mass is 9.83. The molecule has 0 aliphatic heterocycles. The van der Waals surface area contributed by atoms with Gasteiger partial charge in [0.05, 0.1) is 17.8 Å². The minimum Gasteiger partial charge on any atom is -0.465 e. The monoisotopic (exact) mass is 290 g/mol. The molecule has 0 unspecified atom stereocenters. The van der Waals surface area contributed by atoms with E-state index in [4.69, 9.17) is 10.5 Å². The van der Waals surface area contributed by atoms with Crippen LogP contribution in [0.4, 0.5) is 5.00 Å². The molecule has 0 aliphatic rings. The quantitative estimate of drug-likeness (QED) is 0.860. The first-order valence-corrected chi connectivity index (χ1v) is 7.10. The van der Waals surface area contributed by atoms with E-state index in [1.54, 1.807) is 6.20 Å². The van der Waals surface area contributed by atoms with E-state index in [9.17, 15) is 4.79 Å². The van der Waals surface area contributed by atoms with Crippen LogP contribution in [0.5, 0.6) is 0 Å². The van der Waals surface area contributed by atoms with Crippen LogP contribution < -0.4 is 5.73 Å². The Morgan fingerprint density at radius 2 is 2.05 bits per heavy atom. The predicted octanol–water partition coefficient (Wildman–Crippen LogP) is 3.48. The van der Waals surface area contributed by atoms with Crippen LogP contribution >= 0.6 is 11.3 Å². The lowest BCUT2D eigenvalue weighted by molar-refractivity contribution is 0.0604. The van der Waals surface area contributed by atoms with Crippen LogP contribution in [0.25, 0.3) is 11.3 Å². The molecule has 2 heterocycles. The number of rotatable bonds is 2. The van der Waals surface area contributed by atoms with Crippen molar-refractivity contribution in [2.75, 3.05) is 12.8 Å². The summed E-state index contributed by atoms with van der Waals surface area (Å²) in [7, 11) is 1.38. The van der Waals surface area contributed by atoms with Gasteiger partial charge in [-0.05, 0) is 23.1 Å². The summed E-state index contributed by atoms with van der Waals surface area (Å²) >= 11 is 1.26. The summed E-state index contributed by atoms with van der Waals surface area (Å²) in [4.78, 5) is 16.9. The second-order valence-corrected chi connectivity index (χ2v) is 6.55. The highest BCUT2D eigenvalue weighted by molar-refractivity contribution is 7.18. The molecule has 0 amide bonds. The van der Waals surface area contributed by atoms with E-state index in [0.717, 1.165) is 16.8 Å². The first-order chi connectivity index (χ1) is 9.36. The second-order valence-electron chi connectivity index (χ2n) is 5.50. The summed E-state index contributed by atoms with van der Waals surface area (Å²) in [5, 5.41) is 0.592. The maximum atomic E-state index is 12.0. The zero-order valence-corrected chi connectivity index (χ0v) is 12.9. The smallest absolute Gasteiger partial charge is 0.348 e. The number of hydrogen-bond acceptors (Lipinski definition) is 5. The molecule has 4 nitrogen and oxygen atoms in total. The average Bonchev–Trinajstić information content (AvgIpc) is 2.76. The van der Waals surface area contributed by atoms with Crippen molar-refractivity contribution < 1.29 is 9.53 Å². The van der Waals surface area contributed by atoms with Gasteiger partial charge >= 0.3 is 5.97 Å². The summed E-state index contributed by atoms with van der Waals surface area (Å²) in [6.07, 6.45) is 1.72. The maximum absolute atomic E-state index is 12.0. The molecule has 20 heavy (non-hydrogen) atoms. The molecule has 2 N–H and O–H groups in total. The van der Waals surface area contributed by atoms with Gasteiger partial charge in [-0.1, -0.05) is 26.8 Å². The van der Waals surface area contributed by atoms with Crippen LogP contribution in [-0.2, 0) is 10.2 Å². The predicted molar refractivity (Wildman–Crippen MR) is 82.0 cm³/mol. The van der Waals surface area contributed by atoms with Crippen LogP contribution in [0.2, 0.25) is 0 Å². The van der Waals surface area contributed by atoms with E-state index in [1.165, 1.54) is 18.4 Å². The number of hydrogen-bond donors (Lipinski definition) is 1. The first-order valence-electron chi connectivity index (χ1n) is 6.28. The number of pyridine rings is 1. The Morgan fingerprint density at radius 1 is 1.35 bits per heavy atom. The minimum absolute atomic E-state index is 0.232. The Kier molecular flexibility index (Phi) is 3.81. The summed E-state index contributed by atoms with van der Waals surface area (Å²) in [6.45, 7) is 6.15. The van der Waals surface area contributed by atoms with Crippen molar-refractivity contribution in [2.45, 2.75) is 26.2 Å². The van der Waals surface area contributed by atoms with Gasteiger partial charge in [0.15, 0.2) is 0 Å². The van der Waals surface area contributed by atoms with Gasteiger partial charge in [-0.15, -0.1) is 11.3 Å². The molecule has 0 aliphatic carbocycles. The van der Waals surface area contributed by atoms with Crippen LogP contribution in [0, 0.1) is 0 Å². The topological polar surface area (TPSA) is 65.2 Å². The third-order valence-electron chi connectivity index (χ3n) is 2.98. The van der Waals surface area contributed by atoms with E-state index >= 15 is 0 Å². The number of nitrogens with zero attached hydrogens (tertiary/aromatic N) is 1. The number of thiophene rings is 1. The van der Waals surface area contributed by atoms with Crippen LogP contribution in [0.3, 0.4) is 0 Å². The van der Waals surface area contributed by atoms with Gasteiger partial charge in [0.2, 0.25) is 0 Å². The molecule has 0 spiro atoms. The zero-order valence-electron chi connectivity index (χ0n) is 12.1. The SMILES string of the molecule is COC(=O)c1sc(N)c(-c2ccccn2)c1C(C)(C)C. The highest BCUT2D eigenvalue weighted by Gasteiger charge is 2.31. The molecule has 0 saturated heterocycles. The van der Waals surface area contributed by atoms with E-state index in [-0.39, 0.29) is 11.4 Å². The van der Waals surface area contributed by atoms with E-state index in [0.29, 0.717) is 9.88 Å². The molecule has 2 aromatic rings. The van der Waals surface area contributed by atoms with E-state index in [1.807, 2.05) is 39.0 Å². The van der Waals surface area contributed by atoms with Crippen molar-refractivity contribution in [1.29, 1.82) is 0 Å². The van der Waals surface area contributed by atoms with Gasteiger partial charge in [0, 0.05) is 11.8 Å². The molecule has 2 rings (SSSR count). The standard InChI is InChI=1S/C15H18N2O2S/c1-15(2,3)11-10(9-7-5-6-8-17-9)13(16)20-12(11)14(18)19-4/h5-8H,16H2,1-4H3. The summed E-state index contributed by atoms with van der Waals surface area (Å²) in [5.41, 5.74) is 8.41. The largest absolute Gasteiger partial charge is 0.465 e. The lowest BCUT2D eigenvalue weighted by Gasteiger charge is -2.21. The Bertz CT molecular complexity index is 627. The molecule has 0 saturated carbocycles. The summed E-state index contributed by atoms with van der Waals surface area (Å²) in [6, 6.07) is 5.66. The Hall–Kier alpha value is -1.88. The Morgan fingerprint density at radius 3 is 2.55 bits per heavy atom. The Balaban J connectivity index is 2.75. The molecule has 5 heteroatoms. The third-order valence-corrected chi connectivity index (χ3v) is 3.98. The maximum Gasteiger partial charge on any atom is 0.348 e. The van der Waals surface area contributed by atoms with Gasteiger partial charge in [-0.25, -0.2) is 4.79 Å². The summed E-state index contributed by atoms with van der Waals surface area (Å²) in [5.74, 6) is -0.353. The van der Waals surface area contributed by atoms with E-state index in [2.05, 4.69) is 4.98 Å². The summed E-state index contributed by atoms with van der Waals surface area (Å²) < 4.78 is 4.87. The average molecular weight is 290 g/mol. The molecular formula is C15H18N2O2S. The molecule has 0 fully saturated rings. The number of carbonyl (C=O) groups excluding carboxylic acids is 1. The number of carbonyl (C=O) groups is 1. The first kappa shape index (κ1) is 14.5. The number of nitrogens with two attached hydrogens (primary N) is 1. The van der Waals surface area contributed by atoms with Gasteiger partial charge in [0.25, 0.3) is 0 Å². The molecular weight excluding hydrogens is 272 g/mol. The van der Waals surface area contributed by atoms with Gasteiger partial charge < -0.3 is 10.5 Å². The number of esters is 1. The van der Waals surface area contributed by atoms with Crippen LogP contribution in [0.15, 0.2) is 24.4 Å². The normalized spacial score (nSPS) is 11.4. The highest BCUT2D eigenvalue weighted by Crippen LogP contribution is 2.44. The zero-order chi connectivity index (χ0) is 14.9. The molecule has 0 atom stereocenters. The number of ether oxygens (including phenoxy) is 1. The van der Waals surface area contributed by atoms with Gasteiger partial charge in [-0.2, -0.15) is 0 Å². The van der Waals surface area contributed by atoms with Crippen LogP contribution in [0.1, 0.15) is 36.0 Å². The van der Waals surface area contributed by atoms with Crippen molar-refractivity contribution in [2.24, 2.45) is 0 Å². The minimum atomic E-state index is -0.353. The molecule has 0 aromatic carbocycles. The third kappa shape index (κ3) is 2.54. The molecule has 0 radical (unpaired) electrons. The van der Waals surface area contributed by atoms with Crippen LogP contribution in [-0.4, -0.2) is 18.1 Å². The van der Waals surface area contributed by atoms with Gasteiger partial charge in [0.1, 0.15) is 4.88 Å². The number of anilines is 1. The number of aromatic nitrogens is 1. The lowest BCUT2D eigenvalue weighted by Crippen LogP contribution is -2.16. The fraction of sp³-hybridized carbons (Fsp3) is 0.333. The number of nitrogen functional groups attached to an aromatic ring is 1. The van der Waals surface area contributed by atoms with Crippen molar-refractivity contribution in [3.05, 3.63) is 34.8 Å². The fourth-order valence-corrected chi connectivity index (χ4v) is 3.37. The second kappa shape index (κ2) is 5.25. The van der Waals surface area contributed by atoms with Crippen molar-refractivity contribution in [1.82, 2.24) is 4.98 Å².